The summed E-state index contributed by atoms with van der Waals surface area (Å²) in [5.74, 6) is 0.177. The molecule has 0 spiro atoms. The number of carbonyl (C=O) groups is 2. The van der Waals surface area contributed by atoms with Crippen molar-refractivity contribution < 1.29 is 14.3 Å². The predicted octanol–water partition coefficient (Wildman–Crippen LogP) is 1.99. The van der Waals surface area contributed by atoms with Gasteiger partial charge in [-0.05, 0) is 38.0 Å². The molecule has 1 heterocycles. The number of hydrogen-bond donors (Lipinski definition) is 1. The normalized spacial score (nSPS) is 19.8. The summed E-state index contributed by atoms with van der Waals surface area (Å²) in [5, 5.41) is 2.37. The van der Waals surface area contributed by atoms with Gasteiger partial charge in [0.2, 0.25) is 11.8 Å². The van der Waals surface area contributed by atoms with Crippen molar-refractivity contribution in [3.8, 4) is 5.75 Å². The highest BCUT2D eigenvalue weighted by Gasteiger charge is 2.27. The van der Waals surface area contributed by atoms with Crippen LogP contribution in [0.25, 0.3) is 0 Å². The van der Waals surface area contributed by atoms with Crippen LogP contribution in [0.4, 0.5) is 0 Å². The standard InChI is InChI=1S/C14H17NO3/c1-9(2)18-11-5-3-10(4-6-11)12-7-8-13(16)15-14(12)17/h3-6,9,12H,7-8H2,1-2H3,(H,15,16,17)/t12-/m0/s1. The number of benzene rings is 1. The number of hydrogen-bond acceptors (Lipinski definition) is 3. The molecule has 4 nitrogen and oxygen atoms in total. The number of amides is 2. The zero-order chi connectivity index (χ0) is 13.1. The molecule has 0 aliphatic carbocycles. The average molecular weight is 247 g/mol. The molecule has 1 fully saturated rings. The van der Waals surface area contributed by atoms with Crippen molar-refractivity contribution in [1.82, 2.24) is 5.32 Å². The Labute approximate surface area is 106 Å². The summed E-state index contributed by atoms with van der Waals surface area (Å²) < 4.78 is 5.55. The van der Waals surface area contributed by atoms with Crippen LogP contribution < -0.4 is 10.1 Å². The Kier molecular flexibility index (Phi) is 3.65. The lowest BCUT2D eigenvalue weighted by atomic mass is 9.90. The molecule has 1 aromatic rings. The second-order valence-electron chi connectivity index (χ2n) is 4.74. The fraction of sp³-hybridized carbons (Fsp3) is 0.429. The highest BCUT2D eigenvalue weighted by atomic mass is 16.5. The molecule has 96 valence electrons. The lowest BCUT2D eigenvalue weighted by Gasteiger charge is -2.21. The SMILES string of the molecule is CC(C)Oc1ccc([C@@H]2CCC(=O)NC2=O)cc1. The summed E-state index contributed by atoms with van der Waals surface area (Å²) in [4.78, 5) is 22.8. The smallest absolute Gasteiger partial charge is 0.234 e. The molecule has 18 heavy (non-hydrogen) atoms. The molecule has 1 N–H and O–H groups in total. The van der Waals surface area contributed by atoms with E-state index in [0.717, 1.165) is 11.3 Å². The Morgan fingerprint density at radius 1 is 1.22 bits per heavy atom. The van der Waals surface area contributed by atoms with Crippen molar-refractivity contribution in [1.29, 1.82) is 0 Å². The molecular weight excluding hydrogens is 230 g/mol. The Balaban J connectivity index is 2.09. The van der Waals surface area contributed by atoms with E-state index >= 15 is 0 Å². The molecule has 1 aliphatic heterocycles. The fourth-order valence-corrected chi connectivity index (χ4v) is 2.06. The minimum absolute atomic E-state index is 0.131. The van der Waals surface area contributed by atoms with Crippen LogP contribution in [0.3, 0.4) is 0 Å². The van der Waals surface area contributed by atoms with Crippen molar-refractivity contribution >= 4 is 11.8 Å². The van der Waals surface area contributed by atoms with E-state index in [-0.39, 0.29) is 23.8 Å². The van der Waals surface area contributed by atoms with Crippen LogP contribution in [0.2, 0.25) is 0 Å². The van der Waals surface area contributed by atoms with Gasteiger partial charge in [-0.3, -0.25) is 14.9 Å². The van der Waals surface area contributed by atoms with Gasteiger partial charge in [-0.25, -0.2) is 0 Å². The van der Waals surface area contributed by atoms with Crippen molar-refractivity contribution in [2.75, 3.05) is 0 Å². The Hall–Kier alpha value is -1.84. The van der Waals surface area contributed by atoms with Gasteiger partial charge >= 0.3 is 0 Å². The number of nitrogens with one attached hydrogen (secondary N) is 1. The molecule has 0 bridgehead atoms. The van der Waals surface area contributed by atoms with Crippen LogP contribution >= 0.6 is 0 Å². The Bertz CT molecular complexity index is 451. The van der Waals surface area contributed by atoms with Crippen LogP contribution in [0.15, 0.2) is 24.3 Å². The molecule has 0 radical (unpaired) electrons. The van der Waals surface area contributed by atoms with E-state index < -0.39 is 0 Å². The fourth-order valence-electron chi connectivity index (χ4n) is 2.06. The first-order chi connectivity index (χ1) is 8.56. The third-order valence-corrected chi connectivity index (χ3v) is 2.89. The first-order valence-electron chi connectivity index (χ1n) is 6.16. The maximum absolute atomic E-state index is 11.7. The second-order valence-corrected chi connectivity index (χ2v) is 4.74. The lowest BCUT2D eigenvalue weighted by molar-refractivity contribution is -0.134. The average Bonchev–Trinajstić information content (AvgIpc) is 2.30. The highest BCUT2D eigenvalue weighted by Crippen LogP contribution is 2.26. The zero-order valence-corrected chi connectivity index (χ0v) is 10.6. The van der Waals surface area contributed by atoms with Crippen LogP contribution in [0.5, 0.6) is 5.75 Å². The second kappa shape index (κ2) is 5.21. The maximum Gasteiger partial charge on any atom is 0.234 e. The molecule has 1 aliphatic rings. The summed E-state index contributed by atoms with van der Waals surface area (Å²) in [6.45, 7) is 3.93. The highest BCUT2D eigenvalue weighted by molar-refractivity contribution is 6.00. The van der Waals surface area contributed by atoms with Crippen molar-refractivity contribution in [2.45, 2.75) is 38.7 Å². The summed E-state index contributed by atoms with van der Waals surface area (Å²) in [6.07, 6.45) is 1.11. The first kappa shape index (κ1) is 12.6. The zero-order valence-electron chi connectivity index (χ0n) is 10.6. The Morgan fingerprint density at radius 2 is 1.89 bits per heavy atom. The molecule has 1 aromatic carbocycles. The number of imide groups is 1. The molecule has 1 saturated heterocycles. The third kappa shape index (κ3) is 2.88. The molecule has 2 amide bonds. The van der Waals surface area contributed by atoms with Crippen molar-refractivity contribution in [2.24, 2.45) is 0 Å². The van der Waals surface area contributed by atoms with Crippen LogP contribution in [-0.2, 0) is 9.59 Å². The van der Waals surface area contributed by atoms with E-state index in [1.807, 2.05) is 38.1 Å². The molecule has 0 unspecified atom stereocenters. The van der Waals surface area contributed by atoms with E-state index in [1.165, 1.54) is 0 Å². The van der Waals surface area contributed by atoms with Crippen LogP contribution in [0.1, 0.15) is 38.2 Å². The third-order valence-electron chi connectivity index (χ3n) is 2.89. The number of ether oxygens (including phenoxy) is 1. The number of piperidine rings is 1. The van der Waals surface area contributed by atoms with Crippen molar-refractivity contribution in [3.05, 3.63) is 29.8 Å². The topological polar surface area (TPSA) is 55.4 Å². The minimum atomic E-state index is -0.226. The van der Waals surface area contributed by atoms with Gasteiger partial charge in [0.05, 0.1) is 12.0 Å². The largest absolute Gasteiger partial charge is 0.491 e. The molecule has 4 heteroatoms. The van der Waals surface area contributed by atoms with Gasteiger partial charge in [0.25, 0.3) is 0 Å². The van der Waals surface area contributed by atoms with Gasteiger partial charge in [-0.2, -0.15) is 0 Å². The molecule has 1 atom stereocenters. The molecule has 0 aromatic heterocycles. The van der Waals surface area contributed by atoms with E-state index in [1.54, 1.807) is 0 Å². The van der Waals surface area contributed by atoms with Gasteiger partial charge in [0.15, 0.2) is 0 Å². The summed E-state index contributed by atoms with van der Waals surface area (Å²) in [6, 6.07) is 7.49. The number of rotatable bonds is 3. The molecule has 2 rings (SSSR count). The van der Waals surface area contributed by atoms with E-state index in [9.17, 15) is 9.59 Å². The van der Waals surface area contributed by atoms with Crippen LogP contribution in [-0.4, -0.2) is 17.9 Å². The summed E-state index contributed by atoms with van der Waals surface area (Å²) in [7, 11) is 0. The summed E-state index contributed by atoms with van der Waals surface area (Å²) in [5.41, 5.74) is 0.927. The monoisotopic (exact) mass is 247 g/mol. The Morgan fingerprint density at radius 3 is 2.44 bits per heavy atom. The number of carbonyl (C=O) groups excluding carboxylic acids is 2. The molecule has 0 saturated carbocycles. The van der Waals surface area contributed by atoms with E-state index in [4.69, 9.17) is 4.74 Å². The van der Waals surface area contributed by atoms with Gasteiger partial charge in [0, 0.05) is 6.42 Å². The van der Waals surface area contributed by atoms with Gasteiger partial charge < -0.3 is 4.74 Å². The van der Waals surface area contributed by atoms with E-state index in [0.29, 0.717) is 12.8 Å². The quantitative estimate of drug-likeness (QED) is 0.831. The minimum Gasteiger partial charge on any atom is -0.491 e. The van der Waals surface area contributed by atoms with Gasteiger partial charge in [-0.1, -0.05) is 12.1 Å². The lowest BCUT2D eigenvalue weighted by Crippen LogP contribution is -2.39. The maximum atomic E-state index is 11.7. The summed E-state index contributed by atoms with van der Waals surface area (Å²) >= 11 is 0. The molecular formula is C14H17NO3. The predicted molar refractivity (Wildman–Crippen MR) is 67.3 cm³/mol. The first-order valence-corrected chi connectivity index (χ1v) is 6.16. The van der Waals surface area contributed by atoms with Crippen molar-refractivity contribution in [3.63, 3.8) is 0 Å². The van der Waals surface area contributed by atoms with Gasteiger partial charge in [0.1, 0.15) is 5.75 Å². The van der Waals surface area contributed by atoms with Gasteiger partial charge in [-0.15, -0.1) is 0 Å². The van der Waals surface area contributed by atoms with Crippen LogP contribution in [0, 0.1) is 0 Å². The van der Waals surface area contributed by atoms with E-state index in [2.05, 4.69) is 5.32 Å².